The summed E-state index contributed by atoms with van der Waals surface area (Å²) in [5.41, 5.74) is 0. The zero-order valence-electron chi connectivity index (χ0n) is 29.7. The Morgan fingerprint density at radius 1 is 0.400 bits per heavy atom. The molecular formula is C33H56O22. The van der Waals surface area contributed by atoms with Gasteiger partial charge in [0.15, 0.2) is 18.9 Å². The molecule has 4 aliphatic heterocycles. The van der Waals surface area contributed by atoms with Crippen LogP contribution in [0.25, 0.3) is 0 Å². The molecule has 0 aromatic rings. The fourth-order valence-corrected chi connectivity index (χ4v) is 8.75. The molecule has 25 atom stereocenters. The van der Waals surface area contributed by atoms with Crippen molar-refractivity contribution in [3.05, 3.63) is 0 Å². The predicted molar refractivity (Wildman–Crippen MR) is 173 cm³/mol. The lowest BCUT2D eigenvalue weighted by Gasteiger charge is -2.52. The third-order valence-electron chi connectivity index (χ3n) is 12.0. The summed E-state index contributed by atoms with van der Waals surface area (Å²) in [6.45, 7) is -2.17. The summed E-state index contributed by atoms with van der Waals surface area (Å²) in [7, 11) is 0. The Labute approximate surface area is 314 Å². The van der Waals surface area contributed by atoms with E-state index in [1.165, 1.54) is 0 Å². The number of hydrogen-bond acceptors (Lipinski definition) is 22. The van der Waals surface area contributed by atoms with Crippen molar-refractivity contribution in [1.82, 2.24) is 0 Å². The second-order valence-corrected chi connectivity index (χ2v) is 15.6. The van der Waals surface area contributed by atoms with Gasteiger partial charge in [0.25, 0.3) is 0 Å². The molecular weight excluding hydrogens is 748 g/mol. The zero-order chi connectivity index (χ0) is 40.0. The van der Waals surface area contributed by atoms with Gasteiger partial charge in [-0.2, -0.15) is 0 Å². The molecule has 0 radical (unpaired) electrons. The fraction of sp³-hybridized carbons (Fsp3) is 1.00. The van der Waals surface area contributed by atoms with Gasteiger partial charge in [-0.15, -0.1) is 0 Å². The molecule has 55 heavy (non-hydrogen) atoms. The highest BCUT2D eigenvalue weighted by Crippen LogP contribution is 2.45. The highest BCUT2D eigenvalue weighted by Gasteiger charge is 2.55. The third-order valence-corrected chi connectivity index (χ3v) is 12.0. The van der Waals surface area contributed by atoms with Gasteiger partial charge in [0.1, 0.15) is 79.4 Å². The van der Waals surface area contributed by atoms with Crippen LogP contribution in [0.15, 0.2) is 0 Å². The Hall–Kier alpha value is -0.880. The molecule has 0 spiro atoms. The highest BCUT2D eigenvalue weighted by atomic mass is 16.7. The van der Waals surface area contributed by atoms with Crippen molar-refractivity contribution in [2.75, 3.05) is 19.8 Å². The van der Waals surface area contributed by atoms with Gasteiger partial charge in [-0.05, 0) is 25.2 Å². The summed E-state index contributed by atoms with van der Waals surface area (Å²) in [5.74, 6) is -1.44. The molecule has 22 heteroatoms. The SMILES string of the molecule is OCC1OC(OC2CC(O)C3CC(OC4OC(CO)C(O)C(O)C4O)C(C4CC(O)C(O)C(OC5OC(CO)C(O)C(O)C5O)C4)OC3C2)C(O)C(O)C1O. The number of aliphatic hydroxyl groups excluding tert-OH is 15. The Morgan fingerprint density at radius 2 is 0.855 bits per heavy atom. The van der Waals surface area contributed by atoms with Gasteiger partial charge in [-0.3, -0.25) is 0 Å². The number of ether oxygens (including phenoxy) is 7. The molecule has 0 amide bonds. The van der Waals surface area contributed by atoms with Gasteiger partial charge in [-0.1, -0.05) is 0 Å². The molecule has 0 aromatic heterocycles. The number of rotatable bonds is 10. The Kier molecular flexibility index (Phi) is 14.4. The van der Waals surface area contributed by atoms with Crippen LogP contribution >= 0.6 is 0 Å². The smallest absolute Gasteiger partial charge is 0.187 e. The topological polar surface area (TPSA) is 368 Å². The van der Waals surface area contributed by atoms with Crippen LogP contribution in [0, 0.1) is 11.8 Å². The minimum Gasteiger partial charge on any atom is -0.394 e. The van der Waals surface area contributed by atoms with Crippen LogP contribution in [-0.2, 0) is 33.2 Å². The van der Waals surface area contributed by atoms with E-state index in [1.54, 1.807) is 0 Å². The maximum Gasteiger partial charge on any atom is 0.187 e. The van der Waals surface area contributed by atoms with Crippen LogP contribution in [0.2, 0.25) is 0 Å². The van der Waals surface area contributed by atoms with Crippen LogP contribution < -0.4 is 0 Å². The molecule has 22 nitrogen and oxygen atoms in total. The average Bonchev–Trinajstić information content (AvgIpc) is 3.16. The van der Waals surface area contributed by atoms with Crippen molar-refractivity contribution in [2.24, 2.45) is 11.8 Å². The molecule has 320 valence electrons. The molecule has 4 saturated heterocycles. The van der Waals surface area contributed by atoms with E-state index in [9.17, 15) is 76.6 Å². The van der Waals surface area contributed by atoms with Gasteiger partial charge in [0.2, 0.25) is 0 Å². The molecule has 6 rings (SSSR count). The van der Waals surface area contributed by atoms with Crippen molar-refractivity contribution in [1.29, 1.82) is 0 Å². The third kappa shape index (κ3) is 8.87. The van der Waals surface area contributed by atoms with Crippen LogP contribution in [0.5, 0.6) is 0 Å². The van der Waals surface area contributed by atoms with Gasteiger partial charge < -0.3 is 110 Å². The first-order chi connectivity index (χ1) is 26.1. The average molecular weight is 805 g/mol. The van der Waals surface area contributed by atoms with Gasteiger partial charge in [0, 0.05) is 18.8 Å². The lowest BCUT2D eigenvalue weighted by molar-refractivity contribution is -0.342. The van der Waals surface area contributed by atoms with Crippen LogP contribution in [0.1, 0.15) is 32.1 Å². The van der Waals surface area contributed by atoms with Crippen LogP contribution in [-0.4, -0.2) is 237 Å². The largest absolute Gasteiger partial charge is 0.394 e. The zero-order valence-corrected chi connectivity index (χ0v) is 29.7. The van der Waals surface area contributed by atoms with E-state index < -0.39 is 173 Å². The van der Waals surface area contributed by atoms with Crippen molar-refractivity contribution >= 4 is 0 Å². The van der Waals surface area contributed by atoms with Crippen LogP contribution in [0.3, 0.4) is 0 Å². The Morgan fingerprint density at radius 3 is 1.33 bits per heavy atom. The summed E-state index contributed by atoms with van der Waals surface area (Å²) < 4.78 is 41.1. The highest BCUT2D eigenvalue weighted by molar-refractivity contribution is 5.02. The molecule has 0 bridgehead atoms. The van der Waals surface area contributed by atoms with E-state index >= 15 is 0 Å². The molecule has 2 aliphatic carbocycles. The van der Waals surface area contributed by atoms with Gasteiger partial charge in [-0.25, -0.2) is 0 Å². The summed E-state index contributed by atoms with van der Waals surface area (Å²) >= 11 is 0. The standard InChI is InChI=1S/C33H56O22/c34-6-17-21(40)24(43)27(46)31(53-17)49-10-3-12(37)11-5-16(52-33-29(48)26(45)23(42)19(8-36)55-33)30(50-14(11)4-10)9-1-13(38)20(39)15(2-9)51-32-28(47)25(44)22(41)18(7-35)54-32/h9-48H,1-8H2. The maximum atomic E-state index is 11.4. The Balaban J connectivity index is 1.23. The quantitative estimate of drug-likeness (QED) is 0.0975. The first kappa shape index (κ1) is 43.7. The van der Waals surface area contributed by atoms with E-state index in [0.29, 0.717) is 0 Å². The molecule has 0 aromatic carbocycles. The van der Waals surface area contributed by atoms with E-state index in [4.69, 9.17) is 33.2 Å². The summed E-state index contributed by atoms with van der Waals surface area (Å²) in [6, 6.07) is 0. The van der Waals surface area contributed by atoms with Gasteiger partial charge >= 0.3 is 0 Å². The minimum atomic E-state index is -1.82. The minimum absolute atomic E-state index is 0.0195. The summed E-state index contributed by atoms with van der Waals surface area (Å²) in [4.78, 5) is 0. The fourth-order valence-electron chi connectivity index (χ4n) is 8.75. The molecule has 6 aliphatic rings. The first-order valence-electron chi connectivity index (χ1n) is 18.7. The molecule has 6 fully saturated rings. The van der Waals surface area contributed by atoms with Crippen LogP contribution in [0.4, 0.5) is 0 Å². The lowest BCUT2D eigenvalue weighted by Crippen LogP contribution is -2.63. The van der Waals surface area contributed by atoms with Crippen molar-refractivity contribution in [3.63, 3.8) is 0 Å². The Bertz CT molecular complexity index is 1220. The number of aliphatic hydroxyl groups is 15. The maximum absolute atomic E-state index is 11.4. The van der Waals surface area contributed by atoms with E-state index in [-0.39, 0.29) is 32.1 Å². The monoisotopic (exact) mass is 804 g/mol. The molecule has 15 N–H and O–H groups in total. The van der Waals surface area contributed by atoms with Crippen molar-refractivity contribution in [3.8, 4) is 0 Å². The van der Waals surface area contributed by atoms with E-state index in [0.717, 1.165) is 0 Å². The second-order valence-electron chi connectivity index (χ2n) is 15.6. The number of hydrogen-bond donors (Lipinski definition) is 15. The van der Waals surface area contributed by atoms with E-state index in [1.807, 2.05) is 0 Å². The van der Waals surface area contributed by atoms with E-state index in [2.05, 4.69) is 0 Å². The lowest BCUT2D eigenvalue weighted by atomic mass is 9.72. The first-order valence-corrected chi connectivity index (χ1v) is 18.7. The van der Waals surface area contributed by atoms with Crippen molar-refractivity contribution in [2.45, 2.75) is 173 Å². The normalized spacial score (nSPS) is 55.1. The molecule has 4 heterocycles. The summed E-state index contributed by atoms with van der Waals surface area (Å²) in [5, 5.41) is 156. The predicted octanol–water partition coefficient (Wildman–Crippen LogP) is -8.40. The summed E-state index contributed by atoms with van der Waals surface area (Å²) in [6.07, 6.45) is -33.7. The second kappa shape index (κ2) is 18.2. The van der Waals surface area contributed by atoms with Crippen molar-refractivity contribution < 1.29 is 110 Å². The molecule has 2 saturated carbocycles. The van der Waals surface area contributed by atoms with Gasteiger partial charge in [0.05, 0.1) is 62.5 Å². The molecule has 25 unspecified atom stereocenters. The number of fused-ring (bicyclic) bond motifs is 1.